The summed E-state index contributed by atoms with van der Waals surface area (Å²) in [7, 11) is 0. The van der Waals surface area contributed by atoms with E-state index in [1.165, 1.54) is 0 Å². The minimum Gasteiger partial charge on any atom is -0.391 e. The van der Waals surface area contributed by atoms with Gasteiger partial charge < -0.3 is 15.7 Å². The number of benzene rings is 1. The van der Waals surface area contributed by atoms with Crippen molar-refractivity contribution in [3.8, 4) is 0 Å². The van der Waals surface area contributed by atoms with Crippen molar-refractivity contribution in [2.75, 3.05) is 19.6 Å². The number of hydrogen-bond acceptors (Lipinski definition) is 3. The van der Waals surface area contributed by atoms with Crippen LogP contribution in [-0.2, 0) is 0 Å². The predicted molar refractivity (Wildman–Crippen MR) is 86.1 cm³/mol. The highest BCUT2D eigenvalue weighted by Gasteiger charge is 2.25. The Morgan fingerprint density at radius 3 is 2.89 bits per heavy atom. The van der Waals surface area contributed by atoms with Crippen LogP contribution in [0.4, 0.5) is 0 Å². The zero-order chi connectivity index (χ0) is 13.1. The molecule has 1 aromatic carbocycles. The largest absolute Gasteiger partial charge is 0.391 e. The smallest absolute Gasteiger partial charge is 0.252 e. The molecule has 0 radical (unpaired) electrons. The van der Waals surface area contributed by atoms with E-state index in [9.17, 15) is 9.90 Å². The number of halogens is 3. The van der Waals surface area contributed by atoms with E-state index in [4.69, 9.17) is 11.6 Å². The zero-order valence-corrected chi connectivity index (χ0v) is 13.8. The summed E-state index contributed by atoms with van der Waals surface area (Å²) < 4.78 is 0.963. The lowest BCUT2D eigenvalue weighted by atomic mass is 10.1. The lowest BCUT2D eigenvalue weighted by Crippen LogP contribution is -2.34. The molecule has 2 rings (SSSR count). The third-order valence-electron chi connectivity index (χ3n) is 3.00. The fourth-order valence-electron chi connectivity index (χ4n) is 1.92. The van der Waals surface area contributed by atoms with Crippen molar-refractivity contribution < 1.29 is 9.90 Å². The predicted octanol–water partition coefficient (Wildman–Crippen LogP) is 1.68. The lowest BCUT2D eigenvalue weighted by Gasteiger charge is -2.14. The van der Waals surface area contributed by atoms with Gasteiger partial charge in [-0.15, -0.1) is 12.4 Å². The number of hydrogen-bond donors (Lipinski definition) is 3. The summed E-state index contributed by atoms with van der Waals surface area (Å²) in [6.45, 7) is 1.76. The van der Waals surface area contributed by atoms with Crippen LogP contribution in [0.5, 0.6) is 0 Å². The molecule has 7 heteroatoms. The Labute approximate surface area is 136 Å². The summed E-state index contributed by atoms with van der Waals surface area (Å²) in [5, 5.41) is 16.0. The van der Waals surface area contributed by atoms with Crippen LogP contribution in [0.3, 0.4) is 0 Å². The van der Waals surface area contributed by atoms with Crippen molar-refractivity contribution in [3.05, 3.63) is 32.4 Å². The molecule has 1 heterocycles. The third kappa shape index (κ3) is 4.46. The number of carbonyl (C=O) groups is 1. The molecule has 1 aliphatic rings. The Morgan fingerprint density at radius 2 is 2.26 bits per heavy atom. The van der Waals surface area contributed by atoms with E-state index in [2.05, 4.69) is 33.2 Å². The first-order valence-electron chi connectivity index (χ1n) is 5.70. The first kappa shape index (κ1) is 17.0. The topological polar surface area (TPSA) is 61.4 Å². The molecular weight excluding hydrogens is 402 g/mol. The molecule has 1 aliphatic heterocycles. The molecule has 4 nitrogen and oxygen atoms in total. The number of β-amino-alcohol motifs (C(OH)–C–C–N with tert-alkyl or cyclic N) is 1. The number of carbonyl (C=O) groups excluding carboxylic acids is 1. The first-order chi connectivity index (χ1) is 8.58. The molecule has 1 saturated heterocycles. The molecule has 1 aromatic rings. The van der Waals surface area contributed by atoms with Crippen LogP contribution < -0.4 is 10.6 Å². The van der Waals surface area contributed by atoms with Crippen LogP contribution >= 0.6 is 46.6 Å². The van der Waals surface area contributed by atoms with Crippen LogP contribution in [0.15, 0.2) is 18.2 Å². The van der Waals surface area contributed by atoms with Crippen LogP contribution in [0, 0.1) is 9.49 Å². The number of amides is 1. The molecule has 1 amide bonds. The normalized spacial score (nSPS) is 21.8. The van der Waals surface area contributed by atoms with Crippen LogP contribution in [-0.4, -0.2) is 36.8 Å². The monoisotopic (exact) mass is 416 g/mol. The summed E-state index contributed by atoms with van der Waals surface area (Å²) >= 11 is 8.13. The van der Waals surface area contributed by atoms with Gasteiger partial charge in [-0.2, -0.15) is 0 Å². The summed E-state index contributed by atoms with van der Waals surface area (Å²) in [6, 6.07) is 5.32. The summed E-state index contributed by atoms with van der Waals surface area (Å²) in [6.07, 6.45) is -0.392. The van der Waals surface area contributed by atoms with Crippen molar-refractivity contribution in [1.29, 1.82) is 0 Å². The molecule has 2 unspecified atom stereocenters. The van der Waals surface area contributed by atoms with E-state index in [0.29, 0.717) is 23.7 Å². The van der Waals surface area contributed by atoms with Gasteiger partial charge in [-0.05, 0) is 40.8 Å². The van der Waals surface area contributed by atoms with E-state index in [1.54, 1.807) is 12.1 Å². The van der Waals surface area contributed by atoms with Gasteiger partial charge in [-0.1, -0.05) is 11.6 Å². The van der Waals surface area contributed by atoms with Crippen LogP contribution in [0.2, 0.25) is 5.02 Å². The van der Waals surface area contributed by atoms with Gasteiger partial charge in [0.05, 0.1) is 16.7 Å². The van der Waals surface area contributed by atoms with Crippen LogP contribution in [0.25, 0.3) is 0 Å². The Hall–Kier alpha value is -0.0800. The number of rotatable bonds is 3. The Kier molecular flexibility index (Phi) is 6.82. The number of aliphatic hydroxyl groups excluding tert-OH is 1. The fraction of sp³-hybridized carbons (Fsp3) is 0.417. The van der Waals surface area contributed by atoms with E-state index in [0.717, 1.165) is 10.1 Å². The highest BCUT2D eigenvalue weighted by Crippen LogP contribution is 2.19. The third-order valence-corrected chi connectivity index (χ3v) is 4.00. The zero-order valence-electron chi connectivity index (χ0n) is 10.0. The van der Waals surface area contributed by atoms with Gasteiger partial charge in [-0.3, -0.25) is 4.79 Å². The maximum atomic E-state index is 12.0. The Balaban J connectivity index is 0.00000180. The van der Waals surface area contributed by atoms with Crippen molar-refractivity contribution in [3.63, 3.8) is 0 Å². The quantitative estimate of drug-likeness (QED) is 0.657. The molecule has 3 N–H and O–H groups in total. The number of aliphatic hydroxyl groups is 1. The van der Waals surface area contributed by atoms with E-state index < -0.39 is 6.10 Å². The molecule has 0 spiro atoms. The average molecular weight is 417 g/mol. The second-order valence-corrected chi connectivity index (χ2v) is 5.97. The second-order valence-electron chi connectivity index (χ2n) is 4.32. The highest BCUT2D eigenvalue weighted by atomic mass is 127. The first-order valence-corrected chi connectivity index (χ1v) is 7.15. The molecule has 0 bridgehead atoms. The van der Waals surface area contributed by atoms with Crippen molar-refractivity contribution in [2.24, 2.45) is 5.92 Å². The fourth-order valence-corrected chi connectivity index (χ4v) is 2.61. The van der Waals surface area contributed by atoms with Crippen molar-refractivity contribution >= 4 is 52.5 Å². The van der Waals surface area contributed by atoms with E-state index in [1.807, 2.05) is 6.07 Å². The standard InChI is InChI=1S/C12H14ClIN2O2.ClH/c13-10-2-1-8(14)3-9(10)12(18)16-5-7-4-15-6-11(7)17;/h1-3,7,11,15,17H,4-6H2,(H,16,18);1H. The average Bonchev–Trinajstić information content (AvgIpc) is 2.75. The second kappa shape index (κ2) is 7.64. The van der Waals surface area contributed by atoms with Crippen molar-refractivity contribution in [2.45, 2.75) is 6.10 Å². The minimum atomic E-state index is -0.392. The van der Waals surface area contributed by atoms with Crippen LogP contribution in [0.1, 0.15) is 10.4 Å². The van der Waals surface area contributed by atoms with Gasteiger partial charge in [0.15, 0.2) is 0 Å². The van der Waals surface area contributed by atoms with Crippen molar-refractivity contribution in [1.82, 2.24) is 10.6 Å². The summed E-state index contributed by atoms with van der Waals surface area (Å²) in [4.78, 5) is 12.0. The Bertz CT molecular complexity index is 459. The summed E-state index contributed by atoms with van der Waals surface area (Å²) in [5.74, 6) is -0.131. The maximum Gasteiger partial charge on any atom is 0.252 e. The van der Waals surface area contributed by atoms with Gasteiger partial charge in [-0.25, -0.2) is 0 Å². The van der Waals surface area contributed by atoms with Gasteiger partial charge in [0.2, 0.25) is 0 Å². The lowest BCUT2D eigenvalue weighted by molar-refractivity contribution is 0.0927. The maximum absolute atomic E-state index is 12.0. The van der Waals surface area contributed by atoms with Gasteiger partial charge in [0, 0.05) is 29.1 Å². The van der Waals surface area contributed by atoms with Gasteiger partial charge >= 0.3 is 0 Å². The molecule has 19 heavy (non-hydrogen) atoms. The molecule has 2 atom stereocenters. The molecule has 0 saturated carbocycles. The SMILES string of the molecule is Cl.O=C(NCC1CNCC1O)c1cc(I)ccc1Cl. The highest BCUT2D eigenvalue weighted by molar-refractivity contribution is 14.1. The molecule has 1 fully saturated rings. The molecular formula is C12H15Cl2IN2O2. The van der Waals surface area contributed by atoms with E-state index >= 15 is 0 Å². The van der Waals surface area contributed by atoms with Gasteiger partial charge in [0.25, 0.3) is 5.91 Å². The number of nitrogens with one attached hydrogen (secondary N) is 2. The van der Waals surface area contributed by atoms with Gasteiger partial charge in [0.1, 0.15) is 0 Å². The minimum absolute atomic E-state index is 0. The van der Waals surface area contributed by atoms with E-state index in [-0.39, 0.29) is 24.2 Å². The summed E-state index contributed by atoms with van der Waals surface area (Å²) in [5.41, 5.74) is 0.476. The molecule has 106 valence electrons. The molecule has 0 aromatic heterocycles. The Morgan fingerprint density at radius 1 is 1.53 bits per heavy atom. The molecule has 0 aliphatic carbocycles.